The minimum atomic E-state index is -0.589. The van der Waals surface area contributed by atoms with Crippen molar-refractivity contribution in [3.63, 3.8) is 0 Å². The highest BCUT2D eigenvalue weighted by Gasteiger charge is 2.17. The molecule has 0 saturated carbocycles. The van der Waals surface area contributed by atoms with Crippen LogP contribution in [0, 0.1) is 10.1 Å². The minimum absolute atomic E-state index is 0.0118. The van der Waals surface area contributed by atoms with Crippen LogP contribution in [0.4, 0.5) is 5.69 Å². The molecule has 0 aliphatic heterocycles. The van der Waals surface area contributed by atoms with Crippen LogP contribution in [0.2, 0.25) is 5.02 Å². The Morgan fingerprint density at radius 3 is 3.00 bits per heavy atom. The third kappa shape index (κ3) is 3.01. The van der Waals surface area contributed by atoms with Gasteiger partial charge in [0.1, 0.15) is 0 Å². The van der Waals surface area contributed by atoms with Crippen molar-refractivity contribution in [1.82, 2.24) is 0 Å². The molecule has 0 saturated heterocycles. The summed E-state index contributed by atoms with van der Waals surface area (Å²) in [6, 6.07) is 4.23. The van der Waals surface area contributed by atoms with Crippen LogP contribution < -0.4 is 4.74 Å². The quantitative estimate of drug-likeness (QED) is 0.198. The summed E-state index contributed by atoms with van der Waals surface area (Å²) in [5.74, 6) is -0.0118. The molecule has 0 aromatic heterocycles. The third-order valence-electron chi connectivity index (χ3n) is 1.64. The Labute approximate surface area is 95.4 Å². The van der Waals surface area contributed by atoms with E-state index in [1.54, 1.807) is 0 Å². The standard InChI is InChI=1S/C8H7ClN4O3/c9-6-2-1-3-7(13(14)15)8(6)16-5-4-11-12-10/h1-3H,4-5H2. The highest BCUT2D eigenvalue weighted by Crippen LogP contribution is 2.34. The molecule has 0 heterocycles. The van der Waals surface area contributed by atoms with Crippen LogP contribution in [0.25, 0.3) is 10.4 Å². The van der Waals surface area contributed by atoms with Crippen LogP contribution in [-0.4, -0.2) is 18.1 Å². The van der Waals surface area contributed by atoms with Gasteiger partial charge in [0.25, 0.3) is 0 Å². The number of para-hydroxylation sites is 1. The van der Waals surface area contributed by atoms with Crippen LogP contribution in [0.15, 0.2) is 23.3 Å². The highest BCUT2D eigenvalue weighted by molar-refractivity contribution is 6.32. The van der Waals surface area contributed by atoms with Gasteiger partial charge in [-0.15, -0.1) is 0 Å². The average molecular weight is 243 g/mol. The average Bonchev–Trinajstić information content (AvgIpc) is 2.25. The lowest BCUT2D eigenvalue weighted by Crippen LogP contribution is -2.03. The smallest absolute Gasteiger partial charge is 0.312 e. The van der Waals surface area contributed by atoms with Gasteiger partial charge in [0.05, 0.1) is 23.1 Å². The van der Waals surface area contributed by atoms with Crippen LogP contribution in [0.5, 0.6) is 5.75 Å². The molecule has 0 atom stereocenters. The molecule has 0 spiro atoms. The molecule has 0 unspecified atom stereocenters. The predicted molar refractivity (Wildman–Crippen MR) is 57.6 cm³/mol. The summed E-state index contributed by atoms with van der Waals surface area (Å²) in [7, 11) is 0. The van der Waals surface area contributed by atoms with Crippen molar-refractivity contribution in [3.05, 3.63) is 43.8 Å². The van der Waals surface area contributed by atoms with Gasteiger partial charge in [0.2, 0.25) is 5.75 Å². The van der Waals surface area contributed by atoms with E-state index in [4.69, 9.17) is 21.9 Å². The van der Waals surface area contributed by atoms with Crippen molar-refractivity contribution in [2.24, 2.45) is 5.11 Å². The number of rotatable bonds is 5. The monoisotopic (exact) mass is 242 g/mol. The number of benzene rings is 1. The van der Waals surface area contributed by atoms with E-state index in [2.05, 4.69) is 10.0 Å². The third-order valence-corrected chi connectivity index (χ3v) is 1.94. The summed E-state index contributed by atoms with van der Waals surface area (Å²) in [6.45, 7) is 0.119. The molecule has 0 aliphatic carbocycles. The van der Waals surface area contributed by atoms with E-state index in [1.165, 1.54) is 18.2 Å². The summed E-state index contributed by atoms with van der Waals surface area (Å²) < 4.78 is 5.09. The van der Waals surface area contributed by atoms with Gasteiger partial charge in [-0.1, -0.05) is 22.8 Å². The molecule has 1 aromatic carbocycles. The lowest BCUT2D eigenvalue weighted by atomic mass is 10.3. The molecule has 0 N–H and O–H groups in total. The fourth-order valence-corrected chi connectivity index (χ4v) is 1.24. The molecule has 0 radical (unpaired) electrons. The van der Waals surface area contributed by atoms with Crippen molar-refractivity contribution in [2.45, 2.75) is 0 Å². The van der Waals surface area contributed by atoms with Gasteiger partial charge < -0.3 is 4.74 Å². The first-order valence-electron chi connectivity index (χ1n) is 4.23. The van der Waals surface area contributed by atoms with Crippen molar-refractivity contribution < 1.29 is 9.66 Å². The molecular weight excluding hydrogens is 236 g/mol. The van der Waals surface area contributed by atoms with E-state index in [9.17, 15) is 10.1 Å². The fourth-order valence-electron chi connectivity index (χ4n) is 1.02. The zero-order valence-electron chi connectivity index (χ0n) is 8.04. The SMILES string of the molecule is [N-]=[N+]=NCCOc1c(Cl)cccc1[N+](=O)[O-]. The molecule has 8 heteroatoms. The second-order valence-electron chi connectivity index (χ2n) is 2.65. The van der Waals surface area contributed by atoms with Gasteiger partial charge in [-0.25, -0.2) is 0 Å². The van der Waals surface area contributed by atoms with Crippen molar-refractivity contribution in [1.29, 1.82) is 0 Å². The van der Waals surface area contributed by atoms with Crippen LogP contribution >= 0.6 is 11.6 Å². The van der Waals surface area contributed by atoms with E-state index >= 15 is 0 Å². The molecule has 84 valence electrons. The Kier molecular flexibility index (Phi) is 4.38. The van der Waals surface area contributed by atoms with Crippen LogP contribution in [-0.2, 0) is 0 Å². The van der Waals surface area contributed by atoms with Crippen molar-refractivity contribution in [2.75, 3.05) is 13.2 Å². The summed E-state index contributed by atoms with van der Waals surface area (Å²) in [5.41, 5.74) is 7.81. The number of azide groups is 1. The maximum Gasteiger partial charge on any atom is 0.312 e. The lowest BCUT2D eigenvalue weighted by Gasteiger charge is -2.06. The van der Waals surface area contributed by atoms with Gasteiger partial charge in [-0.2, -0.15) is 0 Å². The van der Waals surface area contributed by atoms with Crippen LogP contribution in [0.1, 0.15) is 0 Å². The van der Waals surface area contributed by atoms with Gasteiger partial charge in [0.15, 0.2) is 0 Å². The summed E-state index contributed by atoms with van der Waals surface area (Å²) >= 11 is 5.75. The Balaban J connectivity index is 2.84. The second-order valence-corrected chi connectivity index (χ2v) is 3.06. The molecular formula is C8H7ClN4O3. The number of halogens is 1. The minimum Gasteiger partial charge on any atom is -0.486 e. The number of hydrogen-bond acceptors (Lipinski definition) is 4. The molecule has 0 bridgehead atoms. The fraction of sp³-hybridized carbons (Fsp3) is 0.250. The Bertz CT molecular complexity index is 445. The van der Waals surface area contributed by atoms with E-state index in [-0.39, 0.29) is 29.6 Å². The summed E-state index contributed by atoms with van der Waals surface area (Å²) in [5, 5.41) is 14.0. The molecule has 0 amide bonds. The lowest BCUT2D eigenvalue weighted by molar-refractivity contribution is -0.385. The van der Waals surface area contributed by atoms with Crippen molar-refractivity contribution in [3.8, 4) is 5.75 Å². The molecule has 7 nitrogen and oxygen atoms in total. The van der Waals surface area contributed by atoms with E-state index in [1.807, 2.05) is 0 Å². The highest BCUT2D eigenvalue weighted by atomic mass is 35.5. The topological polar surface area (TPSA) is 101 Å². The maximum atomic E-state index is 10.6. The van der Waals surface area contributed by atoms with E-state index < -0.39 is 4.92 Å². The zero-order chi connectivity index (χ0) is 12.0. The number of nitro groups is 1. The number of hydrogen-bond donors (Lipinski definition) is 0. The van der Waals surface area contributed by atoms with E-state index in [0.717, 1.165) is 0 Å². The van der Waals surface area contributed by atoms with E-state index in [0.29, 0.717) is 0 Å². The Morgan fingerprint density at radius 1 is 1.62 bits per heavy atom. The zero-order valence-corrected chi connectivity index (χ0v) is 8.79. The molecule has 16 heavy (non-hydrogen) atoms. The first-order valence-corrected chi connectivity index (χ1v) is 4.61. The van der Waals surface area contributed by atoms with Crippen LogP contribution in [0.3, 0.4) is 0 Å². The number of ether oxygens (including phenoxy) is 1. The molecule has 0 fully saturated rings. The van der Waals surface area contributed by atoms with Gasteiger partial charge >= 0.3 is 5.69 Å². The first-order chi connectivity index (χ1) is 7.66. The molecule has 0 aliphatic rings. The summed E-state index contributed by atoms with van der Waals surface area (Å²) in [4.78, 5) is 12.6. The first kappa shape index (κ1) is 12.1. The van der Waals surface area contributed by atoms with Gasteiger partial charge in [-0.05, 0) is 11.6 Å². The maximum absolute atomic E-state index is 10.6. The normalized spacial score (nSPS) is 9.31. The van der Waals surface area contributed by atoms with Gasteiger partial charge in [0, 0.05) is 11.0 Å². The molecule has 1 rings (SSSR count). The second kappa shape index (κ2) is 5.79. The number of nitro benzene ring substituents is 1. The molecule has 1 aromatic rings. The van der Waals surface area contributed by atoms with Crippen molar-refractivity contribution >= 4 is 17.3 Å². The largest absolute Gasteiger partial charge is 0.486 e. The Hall–Kier alpha value is -1.98. The Morgan fingerprint density at radius 2 is 2.38 bits per heavy atom. The predicted octanol–water partition coefficient (Wildman–Crippen LogP) is 2.94. The summed E-state index contributed by atoms with van der Waals surface area (Å²) in [6.07, 6.45) is 0. The van der Waals surface area contributed by atoms with Gasteiger partial charge in [-0.3, -0.25) is 10.1 Å². The number of nitrogens with zero attached hydrogens (tertiary/aromatic N) is 4.